The molecule has 0 saturated heterocycles. The number of nitrogens with zero attached hydrogens (tertiary/aromatic N) is 1. The molecule has 0 atom stereocenters. The molecule has 12 heteroatoms. The number of alkyl halides is 6. The SMILES string of the molecule is Cc1c(-c2cc(C(F)(F)F)ns2)c(C(F)(F)F)cc2c(=O)[nH]c(=O)[nH]c12. The first-order chi connectivity index (χ1) is 11.9. The molecular formula is C14H7F6N3O2S. The third-order valence-electron chi connectivity index (χ3n) is 3.64. The Hall–Kier alpha value is -2.63. The van der Waals surface area contributed by atoms with E-state index in [1.807, 2.05) is 4.98 Å². The van der Waals surface area contributed by atoms with E-state index in [4.69, 9.17) is 0 Å². The molecule has 0 saturated carbocycles. The first-order valence-corrected chi connectivity index (χ1v) is 7.58. The summed E-state index contributed by atoms with van der Waals surface area (Å²) in [5.74, 6) is 0. The summed E-state index contributed by atoms with van der Waals surface area (Å²) in [4.78, 5) is 26.9. The van der Waals surface area contributed by atoms with Crippen LogP contribution in [0.1, 0.15) is 16.8 Å². The molecule has 26 heavy (non-hydrogen) atoms. The van der Waals surface area contributed by atoms with E-state index < -0.39 is 45.8 Å². The number of rotatable bonds is 1. The van der Waals surface area contributed by atoms with Crippen molar-refractivity contribution in [3.05, 3.63) is 49.8 Å². The van der Waals surface area contributed by atoms with Gasteiger partial charge in [0.05, 0.1) is 21.3 Å². The standard InChI is InChI=1S/C14H7F6N3O2S/c1-4-9(7-3-8(23-26-7)14(18,19)20)6(13(15,16)17)2-5-10(4)21-12(25)22-11(5)24/h2-3H,1H3,(H2,21,22,24,25). The number of aromatic nitrogens is 3. The molecule has 0 radical (unpaired) electrons. The number of hydrogen-bond acceptors (Lipinski definition) is 4. The lowest BCUT2D eigenvalue weighted by Crippen LogP contribution is -2.23. The van der Waals surface area contributed by atoms with Gasteiger partial charge in [-0.05, 0) is 36.2 Å². The molecule has 2 N–H and O–H groups in total. The van der Waals surface area contributed by atoms with Crippen molar-refractivity contribution in [2.75, 3.05) is 0 Å². The summed E-state index contributed by atoms with van der Waals surface area (Å²) in [5, 5.41) is -0.432. The smallest absolute Gasteiger partial charge is 0.307 e. The fourth-order valence-corrected chi connectivity index (χ4v) is 3.41. The lowest BCUT2D eigenvalue weighted by atomic mass is 9.96. The van der Waals surface area contributed by atoms with Gasteiger partial charge in [-0.15, -0.1) is 0 Å². The van der Waals surface area contributed by atoms with Gasteiger partial charge in [-0.2, -0.15) is 30.7 Å². The fourth-order valence-electron chi connectivity index (χ4n) is 2.54. The highest BCUT2D eigenvalue weighted by Crippen LogP contribution is 2.43. The van der Waals surface area contributed by atoms with E-state index in [1.54, 1.807) is 0 Å². The highest BCUT2D eigenvalue weighted by atomic mass is 32.1. The van der Waals surface area contributed by atoms with Gasteiger partial charge in [0.2, 0.25) is 0 Å². The Morgan fingerprint density at radius 1 is 1.00 bits per heavy atom. The van der Waals surface area contributed by atoms with Gasteiger partial charge in [0.15, 0.2) is 5.69 Å². The van der Waals surface area contributed by atoms with Crippen LogP contribution in [0, 0.1) is 6.92 Å². The quantitative estimate of drug-likeness (QED) is 0.617. The topological polar surface area (TPSA) is 78.6 Å². The van der Waals surface area contributed by atoms with Crippen LogP contribution < -0.4 is 11.2 Å². The van der Waals surface area contributed by atoms with Crippen molar-refractivity contribution < 1.29 is 26.3 Å². The molecule has 2 aromatic heterocycles. The van der Waals surface area contributed by atoms with E-state index in [-0.39, 0.29) is 27.5 Å². The zero-order valence-electron chi connectivity index (χ0n) is 12.6. The minimum atomic E-state index is -4.95. The molecule has 0 aliphatic heterocycles. The van der Waals surface area contributed by atoms with E-state index in [1.165, 1.54) is 6.92 Å². The maximum atomic E-state index is 13.5. The summed E-state index contributed by atoms with van der Waals surface area (Å²) in [6, 6.07) is 0.999. The van der Waals surface area contributed by atoms with Crippen molar-refractivity contribution in [1.29, 1.82) is 0 Å². The normalized spacial score (nSPS) is 12.7. The Bertz CT molecular complexity index is 1120. The van der Waals surface area contributed by atoms with E-state index >= 15 is 0 Å². The van der Waals surface area contributed by atoms with Crippen LogP contribution in [0.15, 0.2) is 21.7 Å². The Balaban J connectivity index is 2.43. The highest BCUT2D eigenvalue weighted by Gasteiger charge is 2.38. The second kappa shape index (κ2) is 5.69. The number of aryl methyl sites for hydroxylation is 1. The van der Waals surface area contributed by atoms with Crippen molar-refractivity contribution in [3.8, 4) is 10.4 Å². The van der Waals surface area contributed by atoms with Crippen LogP contribution >= 0.6 is 11.5 Å². The van der Waals surface area contributed by atoms with Crippen LogP contribution in [-0.2, 0) is 12.4 Å². The van der Waals surface area contributed by atoms with Crippen molar-refractivity contribution in [3.63, 3.8) is 0 Å². The van der Waals surface area contributed by atoms with Gasteiger partial charge < -0.3 is 4.98 Å². The predicted octanol–water partition coefficient (Wildman–Crippen LogP) is 3.69. The highest BCUT2D eigenvalue weighted by molar-refractivity contribution is 7.09. The summed E-state index contributed by atoms with van der Waals surface area (Å²) in [6.07, 6.45) is -9.76. The van der Waals surface area contributed by atoms with Crippen LogP contribution in [-0.4, -0.2) is 14.3 Å². The lowest BCUT2D eigenvalue weighted by Gasteiger charge is -2.16. The molecule has 0 spiro atoms. The lowest BCUT2D eigenvalue weighted by molar-refractivity contribution is -0.140. The first-order valence-electron chi connectivity index (χ1n) is 6.81. The summed E-state index contributed by atoms with van der Waals surface area (Å²) in [7, 11) is 0. The largest absolute Gasteiger partial charge is 0.434 e. The zero-order chi connectivity index (χ0) is 19.4. The summed E-state index contributed by atoms with van der Waals surface area (Å²) in [5.41, 5.74) is -5.55. The van der Waals surface area contributed by atoms with E-state index in [2.05, 4.69) is 9.36 Å². The number of benzene rings is 1. The number of aromatic amines is 2. The molecule has 0 aliphatic carbocycles. The van der Waals surface area contributed by atoms with Gasteiger partial charge in [-0.1, -0.05) is 0 Å². The van der Waals surface area contributed by atoms with E-state index in [9.17, 15) is 35.9 Å². The van der Waals surface area contributed by atoms with Crippen LogP contribution in [0.2, 0.25) is 0 Å². The fraction of sp³-hybridized carbons (Fsp3) is 0.214. The van der Waals surface area contributed by atoms with Gasteiger partial charge >= 0.3 is 18.0 Å². The van der Waals surface area contributed by atoms with Gasteiger partial charge in [0.25, 0.3) is 5.56 Å². The average molecular weight is 395 g/mol. The molecule has 1 aromatic carbocycles. The number of halogens is 6. The Morgan fingerprint density at radius 3 is 2.19 bits per heavy atom. The van der Waals surface area contributed by atoms with Crippen LogP contribution in [0.5, 0.6) is 0 Å². The molecule has 2 heterocycles. The number of fused-ring (bicyclic) bond motifs is 1. The number of hydrogen-bond donors (Lipinski definition) is 2. The summed E-state index contributed by atoms with van der Waals surface area (Å²) < 4.78 is 81.8. The second-order valence-electron chi connectivity index (χ2n) is 5.33. The monoisotopic (exact) mass is 395 g/mol. The molecule has 0 aliphatic rings. The van der Waals surface area contributed by atoms with Gasteiger partial charge in [0, 0.05) is 5.56 Å². The Morgan fingerprint density at radius 2 is 1.65 bits per heavy atom. The summed E-state index contributed by atoms with van der Waals surface area (Å²) in [6.45, 7) is 1.18. The predicted molar refractivity (Wildman–Crippen MR) is 81.0 cm³/mol. The zero-order valence-corrected chi connectivity index (χ0v) is 13.4. The molecule has 0 bridgehead atoms. The van der Waals surface area contributed by atoms with Crippen LogP contribution in [0.4, 0.5) is 26.3 Å². The second-order valence-corrected chi connectivity index (χ2v) is 6.13. The maximum Gasteiger partial charge on any atom is 0.434 e. The minimum Gasteiger partial charge on any atom is -0.307 e. The van der Waals surface area contributed by atoms with Crippen LogP contribution in [0.25, 0.3) is 21.3 Å². The van der Waals surface area contributed by atoms with Gasteiger partial charge in [-0.3, -0.25) is 9.78 Å². The minimum absolute atomic E-state index is 0.185. The molecule has 0 fully saturated rings. The van der Waals surface area contributed by atoms with Gasteiger partial charge in [-0.25, -0.2) is 4.79 Å². The molecule has 0 amide bonds. The third kappa shape index (κ3) is 3.00. The molecule has 0 unspecified atom stereocenters. The Kier molecular flexibility index (Phi) is 3.98. The van der Waals surface area contributed by atoms with Crippen LogP contribution in [0.3, 0.4) is 0 Å². The molecule has 138 valence electrons. The van der Waals surface area contributed by atoms with Crippen molar-refractivity contribution in [2.45, 2.75) is 19.3 Å². The van der Waals surface area contributed by atoms with Crippen molar-refractivity contribution >= 4 is 22.4 Å². The molecule has 5 nitrogen and oxygen atoms in total. The first kappa shape index (κ1) is 18.2. The Labute approximate surface area is 143 Å². The molecule has 3 aromatic rings. The maximum absolute atomic E-state index is 13.5. The third-order valence-corrected chi connectivity index (χ3v) is 4.45. The average Bonchev–Trinajstić information content (AvgIpc) is 2.96. The number of H-pyrrole nitrogens is 2. The van der Waals surface area contributed by atoms with Gasteiger partial charge in [0.1, 0.15) is 0 Å². The van der Waals surface area contributed by atoms with E-state index in [0.29, 0.717) is 12.1 Å². The molecular weight excluding hydrogens is 388 g/mol. The van der Waals surface area contributed by atoms with Crippen molar-refractivity contribution in [1.82, 2.24) is 14.3 Å². The summed E-state index contributed by atoms with van der Waals surface area (Å²) >= 11 is 0.243. The van der Waals surface area contributed by atoms with Crippen molar-refractivity contribution in [2.24, 2.45) is 0 Å². The van der Waals surface area contributed by atoms with E-state index in [0.717, 1.165) is 0 Å². The molecule has 3 rings (SSSR count). The number of nitrogens with one attached hydrogen (secondary N) is 2.